The first-order valence-corrected chi connectivity index (χ1v) is 6.93. The number of nitrogens with two attached hydrogens (primary N) is 1. The number of nitrogens with one attached hydrogen (secondary N) is 1. The zero-order valence-electron chi connectivity index (χ0n) is 12.1. The Morgan fingerprint density at radius 2 is 2.21 bits per heavy atom. The quantitative estimate of drug-likeness (QED) is 0.586. The molecule has 0 aliphatic carbocycles. The van der Waals surface area contributed by atoms with Gasteiger partial charge in [0.15, 0.2) is 5.96 Å². The molecule has 19 heavy (non-hydrogen) atoms. The zero-order chi connectivity index (χ0) is 14.1. The predicted octanol–water partition coefficient (Wildman–Crippen LogP) is 2.33. The Morgan fingerprint density at radius 3 is 2.89 bits per heavy atom. The number of hydrogen-bond donors (Lipinski definition) is 2. The van der Waals surface area contributed by atoms with Crippen molar-refractivity contribution in [3.05, 3.63) is 29.8 Å². The lowest BCUT2D eigenvalue weighted by atomic mass is 10.1. The summed E-state index contributed by atoms with van der Waals surface area (Å²) in [5, 5.41) is 3.15. The SMILES string of the molecule is CCOc1cccc(CCN=C(N)NC(C)CC)c1. The fourth-order valence-corrected chi connectivity index (χ4v) is 1.66. The first-order chi connectivity index (χ1) is 9.15. The van der Waals surface area contributed by atoms with E-state index >= 15 is 0 Å². The normalized spacial score (nSPS) is 13.1. The molecule has 4 nitrogen and oxygen atoms in total. The van der Waals surface area contributed by atoms with Gasteiger partial charge in [0.25, 0.3) is 0 Å². The van der Waals surface area contributed by atoms with Crippen LogP contribution in [0.15, 0.2) is 29.3 Å². The molecule has 106 valence electrons. The molecule has 1 atom stereocenters. The molecule has 0 aliphatic rings. The largest absolute Gasteiger partial charge is 0.494 e. The van der Waals surface area contributed by atoms with Gasteiger partial charge in [-0.1, -0.05) is 19.1 Å². The molecule has 4 heteroatoms. The number of aliphatic imine (C=N–C) groups is 1. The molecule has 0 radical (unpaired) electrons. The van der Waals surface area contributed by atoms with Crippen molar-refractivity contribution >= 4 is 5.96 Å². The smallest absolute Gasteiger partial charge is 0.188 e. The van der Waals surface area contributed by atoms with E-state index < -0.39 is 0 Å². The summed E-state index contributed by atoms with van der Waals surface area (Å²) in [5.74, 6) is 1.44. The summed E-state index contributed by atoms with van der Waals surface area (Å²) in [7, 11) is 0. The van der Waals surface area contributed by atoms with Crippen LogP contribution < -0.4 is 15.8 Å². The first kappa shape index (κ1) is 15.3. The van der Waals surface area contributed by atoms with Gasteiger partial charge in [-0.2, -0.15) is 0 Å². The highest BCUT2D eigenvalue weighted by Gasteiger charge is 1.99. The Bertz CT molecular complexity index is 404. The third-order valence-corrected chi connectivity index (χ3v) is 2.90. The molecule has 0 saturated heterocycles. The van der Waals surface area contributed by atoms with E-state index in [1.165, 1.54) is 5.56 Å². The highest BCUT2D eigenvalue weighted by atomic mass is 16.5. The second-order valence-corrected chi connectivity index (χ2v) is 4.55. The number of nitrogens with zero attached hydrogens (tertiary/aromatic N) is 1. The molecule has 1 unspecified atom stereocenters. The molecule has 3 N–H and O–H groups in total. The molecular formula is C15H25N3O. The maximum atomic E-state index is 5.81. The van der Waals surface area contributed by atoms with Crippen molar-refractivity contribution in [2.24, 2.45) is 10.7 Å². The molecule has 0 aromatic heterocycles. The van der Waals surface area contributed by atoms with Gasteiger partial charge in [-0.3, -0.25) is 4.99 Å². The van der Waals surface area contributed by atoms with E-state index in [9.17, 15) is 0 Å². The Morgan fingerprint density at radius 1 is 1.42 bits per heavy atom. The van der Waals surface area contributed by atoms with Crippen molar-refractivity contribution < 1.29 is 4.74 Å². The number of rotatable bonds is 7. The minimum absolute atomic E-state index is 0.366. The number of guanidine groups is 1. The second kappa shape index (κ2) is 8.40. The highest BCUT2D eigenvalue weighted by molar-refractivity contribution is 5.78. The van der Waals surface area contributed by atoms with Crippen molar-refractivity contribution in [2.75, 3.05) is 13.2 Å². The van der Waals surface area contributed by atoms with Crippen LogP contribution in [0.25, 0.3) is 0 Å². The Labute approximate surface area is 116 Å². The van der Waals surface area contributed by atoms with Crippen LogP contribution in [0.5, 0.6) is 5.75 Å². The van der Waals surface area contributed by atoms with Crippen LogP contribution in [0.3, 0.4) is 0 Å². The zero-order valence-corrected chi connectivity index (χ0v) is 12.1. The van der Waals surface area contributed by atoms with Gasteiger partial charge in [0, 0.05) is 12.6 Å². The van der Waals surface area contributed by atoms with E-state index in [2.05, 4.69) is 36.3 Å². The van der Waals surface area contributed by atoms with Crippen molar-refractivity contribution in [1.29, 1.82) is 0 Å². The van der Waals surface area contributed by atoms with E-state index in [1.807, 2.05) is 19.1 Å². The summed E-state index contributed by atoms with van der Waals surface area (Å²) in [5.41, 5.74) is 7.02. The lowest BCUT2D eigenvalue weighted by Crippen LogP contribution is -2.38. The summed E-state index contributed by atoms with van der Waals surface area (Å²) < 4.78 is 5.47. The molecule has 0 heterocycles. The van der Waals surface area contributed by atoms with Gasteiger partial charge in [0.05, 0.1) is 6.61 Å². The average molecular weight is 263 g/mol. The molecule has 1 rings (SSSR count). The average Bonchev–Trinajstić information content (AvgIpc) is 2.39. The second-order valence-electron chi connectivity index (χ2n) is 4.55. The number of ether oxygens (including phenoxy) is 1. The van der Waals surface area contributed by atoms with Crippen LogP contribution in [-0.4, -0.2) is 25.2 Å². The van der Waals surface area contributed by atoms with Crippen LogP contribution in [-0.2, 0) is 6.42 Å². The van der Waals surface area contributed by atoms with Crippen LogP contribution in [0.2, 0.25) is 0 Å². The van der Waals surface area contributed by atoms with Crippen molar-refractivity contribution in [1.82, 2.24) is 5.32 Å². The summed E-state index contributed by atoms with van der Waals surface area (Å²) >= 11 is 0. The molecule has 1 aromatic carbocycles. The van der Waals surface area contributed by atoms with E-state index in [-0.39, 0.29) is 0 Å². The summed E-state index contributed by atoms with van der Waals surface area (Å²) in [4.78, 5) is 4.33. The number of benzene rings is 1. The predicted molar refractivity (Wildman–Crippen MR) is 80.7 cm³/mol. The summed E-state index contributed by atoms with van der Waals surface area (Å²) in [6, 6.07) is 8.47. The fraction of sp³-hybridized carbons (Fsp3) is 0.533. The monoisotopic (exact) mass is 263 g/mol. The molecule has 1 aromatic rings. The van der Waals surface area contributed by atoms with Crippen LogP contribution >= 0.6 is 0 Å². The lowest BCUT2D eigenvalue weighted by molar-refractivity contribution is 0.340. The van der Waals surface area contributed by atoms with Crippen LogP contribution in [0.4, 0.5) is 0 Å². The molecule has 0 aliphatic heterocycles. The molecule has 0 saturated carbocycles. The molecule has 0 bridgehead atoms. The third kappa shape index (κ3) is 6.13. The summed E-state index contributed by atoms with van der Waals surface area (Å²) in [6.45, 7) is 7.56. The van der Waals surface area contributed by atoms with Gasteiger partial charge >= 0.3 is 0 Å². The molecule has 0 fully saturated rings. The minimum atomic E-state index is 0.366. The standard InChI is InChI=1S/C15H25N3O/c1-4-12(3)18-15(16)17-10-9-13-7-6-8-14(11-13)19-5-2/h6-8,11-12H,4-5,9-10H2,1-3H3,(H3,16,17,18). The van der Waals surface area contributed by atoms with E-state index in [0.717, 1.165) is 18.6 Å². The fourth-order valence-electron chi connectivity index (χ4n) is 1.66. The topological polar surface area (TPSA) is 59.6 Å². The Hall–Kier alpha value is -1.71. The lowest BCUT2D eigenvalue weighted by Gasteiger charge is -2.11. The van der Waals surface area contributed by atoms with Gasteiger partial charge in [0.2, 0.25) is 0 Å². The van der Waals surface area contributed by atoms with Gasteiger partial charge < -0.3 is 15.8 Å². The maximum Gasteiger partial charge on any atom is 0.188 e. The van der Waals surface area contributed by atoms with Gasteiger partial charge in [-0.25, -0.2) is 0 Å². The Balaban J connectivity index is 2.43. The van der Waals surface area contributed by atoms with Crippen LogP contribution in [0, 0.1) is 0 Å². The minimum Gasteiger partial charge on any atom is -0.494 e. The van der Waals surface area contributed by atoms with Crippen molar-refractivity contribution in [2.45, 2.75) is 39.7 Å². The van der Waals surface area contributed by atoms with E-state index in [1.54, 1.807) is 0 Å². The Kier molecular flexibility index (Phi) is 6.79. The van der Waals surface area contributed by atoms with Gasteiger partial charge in [0.1, 0.15) is 5.75 Å². The van der Waals surface area contributed by atoms with Gasteiger partial charge in [-0.05, 0) is 44.4 Å². The van der Waals surface area contributed by atoms with Crippen molar-refractivity contribution in [3.8, 4) is 5.75 Å². The molecule has 0 amide bonds. The van der Waals surface area contributed by atoms with Crippen LogP contribution in [0.1, 0.15) is 32.8 Å². The highest BCUT2D eigenvalue weighted by Crippen LogP contribution is 2.13. The molecular weight excluding hydrogens is 238 g/mol. The summed E-state index contributed by atoms with van der Waals surface area (Å²) in [6.07, 6.45) is 1.90. The van der Waals surface area contributed by atoms with Crippen molar-refractivity contribution in [3.63, 3.8) is 0 Å². The first-order valence-electron chi connectivity index (χ1n) is 6.93. The van der Waals surface area contributed by atoms with E-state index in [0.29, 0.717) is 25.2 Å². The number of hydrogen-bond acceptors (Lipinski definition) is 2. The maximum absolute atomic E-state index is 5.81. The van der Waals surface area contributed by atoms with E-state index in [4.69, 9.17) is 10.5 Å². The molecule has 0 spiro atoms. The third-order valence-electron chi connectivity index (χ3n) is 2.90. The van der Waals surface area contributed by atoms with Gasteiger partial charge in [-0.15, -0.1) is 0 Å².